The van der Waals surface area contributed by atoms with Crippen LogP contribution >= 0.6 is 15.9 Å². The lowest BCUT2D eigenvalue weighted by Crippen LogP contribution is -2.27. The number of carbonyl (C=O) groups is 1. The second-order valence-electron chi connectivity index (χ2n) is 4.54. The summed E-state index contributed by atoms with van der Waals surface area (Å²) < 4.78 is 4.02. The van der Waals surface area contributed by atoms with Gasteiger partial charge >= 0.3 is 0 Å². The number of rotatable bonds is 3. The fourth-order valence-electron chi connectivity index (χ4n) is 2.00. The number of aromatic nitrogens is 4. The highest BCUT2D eigenvalue weighted by molar-refractivity contribution is 9.10. The number of carbonyl (C=O) groups excluding carboxylic acids is 1. The molecule has 102 valence electrons. The maximum Gasteiger partial charge on any atom is 0.273 e. The summed E-state index contributed by atoms with van der Waals surface area (Å²) >= 11 is 3.32. The monoisotopic (exact) mass is 325 g/mol. The third kappa shape index (κ3) is 2.86. The van der Waals surface area contributed by atoms with Gasteiger partial charge in [-0.25, -0.2) is 0 Å². The van der Waals surface area contributed by atoms with Gasteiger partial charge in [-0.05, 0) is 29.8 Å². The van der Waals surface area contributed by atoms with Gasteiger partial charge < -0.3 is 5.32 Å². The highest BCUT2D eigenvalue weighted by Crippen LogP contribution is 2.18. The third-order valence-electron chi connectivity index (χ3n) is 2.86. The predicted octanol–water partition coefficient (Wildman–Crippen LogP) is 1.72. The van der Waals surface area contributed by atoms with E-state index in [-0.39, 0.29) is 11.9 Å². The van der Waals surface area contributed by atoms with Gasteiger partial charge in [-0.15, -0.1) is 0 Å². The standard InChI is InChI=1S/C12H16BrN5O/c1-7(9-5-17(3)15-8(9)2)14-12(19)11-10(13)6-18(4)16-11/h5-7H,1-4H3,(H,14,19). The minimum atomic E-state index is -0.205. The van der Waals surface area contributed by atoms with Gasteiger partial charge in [0.15, 0.2) is 5.69 Å². The molecule has 2 aromatic rings. The van der Waals surface area contributed by atoms with E-state index < -0.39 is 0 Å². The van der Waals surface area contributed by atoms with Crippen LogP contribution in [0, 0.1) is 6.92 Å². The lowest BCUT2D eigenvalue weighted by molar-refractivity contribution is 0.0933. The van der Waals surface area contributed by atoms with Gasteiger partial charge in [-0.3, -0.25) is 14.2 Å². The van der Waals surface area contributed by atoms with Gasteiger partial charge in [0.25, 0.3) is 5.91 Å². The summed E-state index contributed by atoms with van der Waals surface area (Å²) in [6.07, 6.45) is 3.66. The largest absolute Gasteiger partial charge is 0.344 e. The first-order valence-electron chi connectivity index (χ1n) is 5.88. The molecule has 2 heterocycles. The number of amides is 1. The van der Waals surface area contributed by atoms with Crippen molar-refractivity contribution in [3.8, 4) is 0 Å². The Morgan fingerprint density at radius 2 is 1.95 bits per heavy atom. The van der Waals surface area contributed by atoms with Gasteiger partial charge in [0.1, 0.15) is 0 Å². The summed E-state index contributed by atoms with van der Waals surface area (Å²) in [7, 11) is 3.64. The summed E-state index contributed by atoms with van der Waals surface area (Å²) in [6.45, 7) is 3.85. The van der Waals surface area contributed by atoms with E-state index in [0.717, 1.165) is 11.3 Å². The maximum atomic E-state index is 12.1. The Morgan fingerprint density at radius 3 is 2.42 bits per heavy atom. The summed E-state index contributed by atoms with van der Waals surface area (Å²) in [5, 5.41) is 11.3. The molecule has 2 rings (SSSR count). The van der Waals surface area contributed by atoms with Crippen LogP contribution < -0.4 is 5.32 Å². The number of halogens is 1. The van der Waals surface area contributed by atoms with Gasteiger partial charge in [-0.2, -0.15) is 10.2 Å². The van der Waals surface area contributed by atoms with E-state index >= 15 is 0 Å². The molecule has 7 heteroatoms. The van der Waals surface area contributed by atoms with Crippen molar-refractivity contribution >= 4 is 21.8 Å². The van der Waals surface area contributed by atoms with E-state index in [1.165, 1.54) is 0 Å². The Bertz CT molecular complexity index is 616. The molecular formula is C12H16BrN5O. The molecule has 1 amide bonds. The molecular weight excluding hydrogens is 310 g/mol. The fourth-order valence-corrected chi connectivity index (χ4v) is 2.55. The Hall–Kier alpha value is -1.63. The minimum Gasteiger partial charge on any atom is -0.344 e. The van der Waals surface area contributed by atoms with Crippen molar-refractivity contribution in [1.82, 2.24) is 24.9 Å². The van der Waals surface area contributed by atoms with Gasteiger partial charge in [0.2, 0.25) is 0 Å². The van der Waals surface area contributed by atoms with E-state index in [1.54, 1.807) is 22.6 Å². The van der Waals surface area contributed by atoms with Crippen LogP contribution in [0.4, 0.5) is 0 Å². The molecule has 6 nitrogen and oxygen atoms in total. The number of hydrogen-bond acceptors (Lipinski definition) is 3. The number of nitrogens with one attached hydrogen (secondary N) is 1. The SMILES string of the molecule is Cc1nn(C)cc1C(C)NC(=O)c1nn(C)cc1Br. The number of hydrogen-bond donors (Lipinski definition) is 1. The van der Waals surface area contributed by atoms with E-state index in [2.05, 4.69) is 31.4 Å². The fraction of sp³-hybridized carbons (Fsp3) is 0.417. The van der Waals surface area contributed by atoms with Crippen molar-refractivity contribution in [2.45, 2.75) is 19.9 Å². The quantitative estimate of drug-likeness (QED) is 0.934. The van der Waals surface area contributed by atoms with E-state index in [9.17, 15) is 4.79 Å². The summed E-state index contributed by atoms with van der Waals surface area (Å²) in [4.78, 5) is 12.1. The highest BCUT2D eigenvalue weighted by Gasteiger charge is 2.19. The average molecular weight is 326 g/mol. The Balaban J connectivity index is 2.15. The molecule has 0 aliphatic carbocycles. The highest BCUT2D eigenvalue weighted by atomic mass is 79.9. The van der Waals surface area contributed by atoms with Crippen LogP contribution in [0.15, 0.2) is 16.9 Å². The molecule has 1 unspecified atom stereocenters. The van der Waals surface area contributed by atoms with Gasteiger partial charge in [-0.1, -0.05) is 0 Å². The number of nitrogens with zero attached hydrogens (tertiary/aromatic N) is 4. The first-order chi connectivity index (χ1) is 8.88. The van der Waals surface area contributed by atoms with Crippen LogP contribution in [0.5, 0.6) is 0 Å². The predicted molar refractivity (Wildman–Crippen MR) is 74.7 cm³/mol. The smallest absolute Gasteiger partial charge is 0.273 e. The lowest BCUT2D eigenvalue weighted by Gasteiger charge is -2.12. The molecule has 1 atom stereocenters. The van der Waals surface area contributed by atoms with E-state index in [4.69, 9.17) is 0 Å². The molecule has 0 saturated heterocycles. The normalized spacial score (nSPS) is 12.5. The Morgan fingerprint density at radius 1 is 1.32 bits per heavy atom. The summed E-state index contributed by atoms with van der Waals surface area (Å²) in [6, 6.07) is -0.116. The molecule has 0 spiro atoms. The topological polar surface area (TPSA) is 64.7 Å². The Kier molecular flexibility index (Phi) is 3.75. The van der Waals surface area contributed by atoms with Crippen molar-refractivity contribution in [1.29, 1.82) is 0 Å². The molecule has 0 saturated carbocycles. The zero-order valence-electron chi connectivity index (χ0n) is 11.3. The Labute approximate surface area is 119 Å². The first kappa shape index (κ1) is 13.8. The molecule has 0 radical (unpaired) electrons. The molecule has 2 aromatic heterocycles. The average Bonchev–Trinajstić information content (AvgIpc) is 2.81. The van der Waals surface area contributed by atoms with Gasteiger partial charge in [0, 0.05) is 32.1 Å². The van der Waals surface area contributed by atoms with Crippen molar-refractivity contribution in [2.24, 2.45) is 14.1 Å². The van der Waals surface area contributed by atoms with E-state index in [0.29, 0.717) is 10.2 Å². The van der Waals surface area contributed by atoms with E-state index in [1.807, 2.05) is 27.1 Å². The molecule has 0 aromatic carbocycles. The third-order valence-corrected chi connectivity index (χ3v) is 3.45. The second kappa shape index (κ2) is 5.16. The molecule has 0 bridgehead atoms. The molecule has 0 aliphatic heterocycles. The molecule has 0 aliphatic rings. The minimum absolute atomic E-state index is 0.116. The molecule has 19 heavy (non-hydrogen) atoms. The van der Waals surface area contributed by atoms with Crippen molar-refractivity contribution in [3.05, 3.63) is 33.8 Å². The van der Waals surface area contributed by atoms with Crippen LogP contribution in [-0.2, 0) is 14.1 Å². The van der Waals surface area contributed by atoms with Crippen molar-refractivity contribution in [2.75, 3.05) is 0 Å². The van der Waals surface area contributed by atoms with Crippen LogP contribution in [0.3, 0.4) is 0 Å². The zero-order valence-corrected chi connectivity index (χ0v) is 12.9. The van der Waals surface area contributed by atoms with Crippen molar-refractivity contribution in [3.63, 3.8) is 0 Å². The molecule has 1 N–H and O–H groups in total. The zero-order chi connectivity index (χ0) is 14.2. The first-order valence-corrected chi connectivity index (χ1v) is 6.68. The van der Waals surface area contributed by atoms with Crippen LogP contribution in [0.2, 0.25) is 0 Å². The van der Waals surface area contributed by atoms with Crippen LogP contribution in [0.1, 0.15) is 34.7 Å². The van der Waals surface area contributed by atoms with Crippen molar-refractivity contribution < 1.29 is 4.79 Å². The maximum absolute atomic E-state index is 12.1. The second-order valence-corrected chi connectivity index (χ2v) is 5.39. The summed E-state index contributed by atoms with van der Waals surface area (Å²) in [5.41, 5.74) is 2.30. The lowest BCUT2D eigenvalue weighted by atomic mass is 10.1. The van der Waals surface area contributed by atoms with Crippen LogP contribution in [-0.4, -0.2) is 25.5 Å². The van der Waals surface area contributed by atoms with Gasteiger partial charge in [0.05, 0.1) is 16.2 Å². The number of aryl methyl sites for hydroxylation is 3. The molecule has 0 fully saturated rings. The summed E-state index contributed by atoms with van der Waals surface area (Å²) in [5.74, 6) is -0.205. The van der Waals surface area contributed by atoms with Crippen LogP contribution in [0.25, 0.3) is 0 Å².